The molecular formula is C22H24FN7O. The number of aryl methyl sites for hydroxylation is 2. The summed E-state index contributed by atoms with van der Waals surface area (Å²) in [5.41, 5.74) is 3.49. The molecule has 4 aromatic rings. The Kier molecular flexibility index (Phi) is 4.82. The van der Waals surface area contributed by atoms with Gasteiger partial charge >= 0.3 is 0 Å². The Balaban J connectivity index is 1.52. The average molecular weight is 421 g/mol. The Morgan fingerprint density at radius 2 is 2.03 bits per heavy atom. The van der Waals surface area contributed by atoms with Gasteiger partial charge in [0, 0.05) is 68.5 Å². The van der Waals surface area contributed by atoms with Crippen molar-refractivity contribution in [3.05, 3.63) is 53.9 Å². The number of halogens is 1. The highest BCUT2D eigenvalue weighted by atomic mass is 19.1. The lowest BCUT2D eigenvalue weighted by atomic mass is 10.1. The molecule has 31 heavy (non-hydrogen) atoms. The van der Waals surface area contributed by atoms with Crippen molar-refractivity contribution in [2.75, 3.05) is 36.4 Å². The third-order valence-electron chi connectivity index (χ3n) is 5.61. The van der Waals surface area contributed by atoms with Gasteiger partial charge in [-0.3, -0.25) is 9.48 Å². The zero-order chi connectivity index (χ0) is 21.5. The van der Waals surface area contributed by atoms with Gasteiger partial charge in [0.05, 0.1) is 16.9 Å². The first-order valence-electron chi connectivity index (χ1n) is 10.5. The van der Waals surface area contributed by atoms with Gasteiger partial charge in [0.2, 0.25) is 0 Å². The van der Waals surface area contributed by atoms with Crippen molar-refractivity contribution in [3.8, 4) is 0 Å². The van der Waals surface area contributed by atoms with Gasteiger partial charge in [-0.15, -0.1) is 0 Å². The zero-order valence-electron chi connectivity index (χ0n) is 17.5. The Morgan fingerprint density at radius 3 is 2.81 bits per heavy atom. The molecular weight excluding hydrogens is 397 g/mol. The van der Waals surface area contributed by atoms with Crippen LogP contribution in [0.25, 0.3) is 16.6 Å². The van der Waals surface area contributed by atoms with E-state index in [9.17, 15) is 9.18 Å². The van der Waals surface area contributed by atoms with E-state index in [0.717, 1.165) is 37.3 Å². The van der Waals surface area contributed by atoms with Crippen LogP contribution in [0.5, 0.6) is 0 Å². The maximum Gasteiger partial charge on any atom is 0.257 e. The Morgan fingerprint density at radius 1 is 1.23 bits per heavy atom. The largest absolute Gasteiger partial charge is 0.368 e. The van der Waals surface area contributed by atoms with E-state index in [1.54, 1.807) is 29.8 Å². The van der Waals surface area contributed by atoms with Crippen LogP contribution in [-0.4, -0.2) is 51.3 Å². The number of rotatable bonds is 4. The van der Waals surface area contributed by atoms with Crippen LogP contribution in [0, 0.1) is 12.7 Å². The first-order chi connectivity index (χ1) is 15.0. The van der Waals surface area contributed by atoms with Gasteiger partial charge in [-0.25, -0.2) is 9.37 Å². The van der Waals surface area contributed by atoms with E-state index in [0.29, 0.717) is 29.0 Å². The van der Waals surface area contributed by atoms with E-state index >= 15 is 0 Å². The number of hydrogen-bond acceptors (Lipinski definition) is 5. The second-order valence-corrected chi connectivity index (χ2v) is 7.76. The topological polar surface area (TPSA) is 79.5 Å². The normalized spacial score (nSPS) is 14.5. The van der Waals surface area contributed by atoms with Gasteiger partial charge in [-0.05, 0) is 26.0 Å². The number of pyridine rings is 1. The summed E-state index contributed by atoms with van der Waals surface area (Å²) >= 11 is 0. The number of anilines is 2. The summed E-state index contributed by atoms with van der Waals surface area (Å²) in [4.78, 5) is 19.6. The van der Waals surface area contributed by atoms with E-state index in [1.807, 2.05) is 23.9 Å². The third kappa shape index (κ3) is 3.50. The van der Waals surface area contributed by atoms with Crippen LogP contribution in [0.15, 0.2) is 36.8 Å². The number of amides is 1. The van der Waals surface area contributed by atoms with Crippen molar-refractivity contribution in [2.24, 2.45) is 0 Å². The summed E-state index contributed by atoms with van der Waals surface area (Å²) in [6.07, 6.45) is 5.37. The summed E-state index contributed by atoms with van der Waals surface area (Å²) in [6.45, 7) is 8.18. The molecule has 0 unspecified atom stereocenters. The number of carbonyl (C=O) groups excluding carboxylic acids is 1. The van der Waals surface area contributed by atoms with Crippen LogP contribution in [0.3, 0.4) is 0 Å². The fourth-order valence-corrected chi connectivity index (χ4v) is 4.11. The number of hydrogen-bond donors (Lipinski definition) is 2. The molecule has 0 bridgehead atoms. The maximum absolute atomic E-state index is 14.4. The van der Waals surface area contributed by atoms with Crippen LogP contribution < -0.4 is 15.5 Å². The zero-order valence-corrected chi connectivity index (χ0v) is 17.5. The Bertz CT molecular complexity index is 1290. The van der Waals surface area contributed by atoms with Gasteiger partial charge in [0.15, 0.2) is 11.5 Å². The molecule has 2 N–H and O–H groups in total. The molecule has 1 saturated heterocycles. The smallest absolute Gasteiger partial charge is 0.257 e. The van der Waals surface area contributed by atoms with Gasteiger partial charge in [0.25, 0.3) is 5.91 Å². The number of piperazine rings is 1. The van der Waals surface area contributed by atoms with Gasteiger partial charge < -0.3 is 19.9 Å². The molecule has 0 aliphatic carbocycles. The lowest BCUT2D eigenvalue weighted by Crippen LogP contribution is -2.43. The quantitative estimate of drug-likeness (QED) is 0.530. The number of carbonyl (C=O) groups is 1. The molecule has 1 aliphatic rings. The summed E-state index contributed by atoms with van der Waals surface area (Å²) in [7, 11) is 0. The fourth-order valence-electron chi connectivity index (χ4n) is 4.11. The Labute approximate surface area is 178 Å². The molecule has 1 aliphatic heterocycles. The fraction of sp³-hybridized carbons (Fsp3) is 0.318. The van der Waals surface area contributed by atoms with Crippen molar-refractivity contribution in [1.29, 1.82) is 0 Å². The van der Waals surface area contributed by atoms with Crippen molar-refractivity contribution in [3.63, 3.8) is 0 Å². The van der Waals surface area contributed by atoms with Crippen molar-refractivity contribution in [2.45, 2.75) is 20.4 Å². The van der Waals surface area contributed by atoms with Crippen LogP contribution >= 0.6 is 0 Å². The predicted molar refractivity (Wildman–Crippen MR) is 118 cm³/mol. The van der Waals surface area contributed by atoms with Crippen molar-refractivity contribution >= 4 is 33.8 Å². The first-order valence-corrected chi connectivity index (χ1v) is 10.5. The number of aromatic nitrogens is 4. The van der Waals surface area contributed by atoms with Gasteiger partial charge in [-0.2, -0.15) is 5.10 Å². The number of imidazole rings is 1. The highest BCUT2D eigenvalue weighted by Crippen LogP contribution is 2.30. The van der Waals surface area contributed by atoms with Gasteiger partial charge in [0.1, 0.15) is 5.52 Å². The molecule has 5 rings (SSSR count). The first kappa shape index (κ1) is 19.5. The minimum absolute atomic E-state index is 0.236. The van der Waals surface area contributed by atoms with Crippen LogP contribution in [0.2, 0.25) is 0 Å². The van der Waals surface area contributed by atoms with Crippen molar-refractivity contribution in [1.82, 2.24) is 24.5 Å². The van der Waals surface area contributed by atoms with E-state index < -0.39 is 5.82 Å². The molecule has 160 valence electrons. The molecule has 0 radical (unpaired) electrons. The van der Waals surface area contributed by atoms with Crippen LogP contribution in [0.1, 0.15) is 23.0 Å². The number of nitrogens with one attached hydrogen (secondary N) is 2. The highest BCUT2D eigenvalue weighted by molar-refractivity contribution is 6.13. The molecule has 3 aromatic heterocycles. The maximum atomic E-state index is 14.4. The van der Waals surface area contributed by atoms with E-state index in [1.165, 1.54) is 6.07 Å². The van der Waals surface area contributed by atoms with Crippen LogP contribution in [0.4, 0.5) is 15.8 Å². The molecule has 0 atom stereocenters. The molecule has 1 aromatic carbocycles. The standard InChI is InChI=1S/C22H24FN7O/c1-3-30-13-17-19(28-8-6-24-7-9-28)5-4-16(20(17)27-30)22(31)26-15-10-18(23)21-25-14(2)11-29(21)12-15/h4-5,10-13,24H,3,6-9H2,1-2H3,(H,26,31). The molecule has 0 spiro atoms. The second-order valence-electron chi connectivity index (χ2n) is 7.76. The number of fused-ring (bicyclic) bond motifs is 2. The minimum Gasteiger partial charge on any atom is -0.368 e. The van der Waals surface area contributed by atoms with E-state index in [-0.39, 0.29) is 11.6 Å². The third-order valence-corrected chi connectivity index (χ3v) is 5.61. The van der Waals surface area contributed by atoms with Crippen LogP contribution in [-0.2, 0) is 6.54 Å². The molecule has 8 nitrogen and oxygen atoms in total. The lowest BCUT2D eigenvalue weighted by molar-refractivity contribution is 0.102. The lowest BCUT2D eigenvalue weighted by Gasteiger charge is -2.30. The molecule has 1 amide bonds. The summed E-state index contributed by atoms with van der Waals surface area (Å²) < 4.78 is 17.8. The predicted octanol–water partition coefficient (Wildman–Crippen LogP) is 2.81. The summed E-state index contributed by atoms with van der Waals surface area (Å²) in [6, 6.07) is 5.07. The minimum atomic E-state index is -0.486. The monoisotopic (exact) mass is 421 g/mol. The second kappa shape index (κ2) is 7.66. The summed E-state index contributed by atoms with van der Waals surface area (Å²) in [5.74, 6) is -0.811. The average Bonchev–Trinajstić information content (AvgIpc) is 3.37. The van der Waals surface area contributed by atoms with Gasteiger partial charge in [-0.1, -0.05) is 0 Å². The van der Waals surface area contributed by atoms with E-state index in [4.69, 9.17) is 0 Å². The molecule has 1 fully saturated rings. The molecule has 4 heterocycles. The van der Waals surface area contributed by atoms with E-state index in [2.05, 4.69) is 25.6 Å². The number of nitrogens with zero attached hydrogens (tertiary/aromatic N) is 5. The SMILES string of the molecule is CCn1cc2c(N3CCNCC3)ccc(C(=O)Nc3cc(F)c4nc(C)cn4c3)c2n1. The Hall–Kier alpha value is -3.46. The number of benzene rings is 1. The van der Waals surface area contributed by atoms with Crippen molar-refractivity contribution < 1.29 is 9.18 Å². The molecule has 9 heteroatoms. The highest BCUT2D eigenvalue weighted by Gasteiger charge is 2.20. The molecule has 0 saturated carbocycles. The summed E-state index contributed by atoms with van der Waals surface area (Å²) in [5, 5.41) is 11.8.